The van der Waals surface area contributed by atoms with Gasteiger partial charge < -0.3 is 10.4 Å². The number of hydrogen-bond donors (Lipinski definition) is 2. The third kappa shape index (κ3) is 4.00. The first-order chi connectivity index (χ1) is 6.14. The molecule has 1 atom stereocenters. The average Bonchev–Trinajstić information content (AvgIpc) is 2.03. The van der Waals surface area contributed by atoms with E-state index in [0.717, 1.165) is 6.42 Å². The van der Waals surface area contributed by atoms with E-state index in [1.54, 1.807) is 0 Å². The summed E-state index contributed by atoms with van der Waals surface area (Å²) in [5.74, 6) is -2.38. The molecule has 13 heavy (non-hydrogen) atoms. The van der Waals surface area contributed by atoms with Crippen molar-refractivity contribution in [2.24, 2.45) is 5.92 Å². The molecule has 0 aromatic rings. The molecule has 78 valence electrons. The Morgan fingerprint density at radius 3 is 2.85 bits per heavy atom. The quantitative estimate of drug-likeness (QED) is 0.661. The van der Waals surface area contributed by atoms with Gasteiger partial charge in [0.05, 0.1) is 6.61 Å². The molecule has 2 nitrogen and oxygen atoms in total. The molecule has 1 aliphatic carbocycles. The molecule has 0 bridgehead atoms. The standard InChI is InChI=1S/C9H17F2NO/c10-9(11)3-1-2-8(6-9)7-12-4-5-13/h8,12-13H,1-7H2. The Labute approximate surface area is 77.3 Å². The average molecular weight is 193 g/mol. The zero-order valence-corrected chi connectivity index (χ0v) is 7.73. The van der Waals surface area contributed by atoms with Crippen molar-refractivity contribution >= 4 is 0 Å². The molecule has 1 saturated carbocycles. The van der Waals surface area contributed by atoms with Gasteiger partial charge in [0.25, 0.3) is 0 Å². The number of halogens is 2. The highest BCUT2D eigenvalue weighted by Crippen LogP contribution is 2.36. The molecular weight excluding hydrogens is 176 g/mol. The van der Waals surface area contributed by atoms with Gasteiger partial charge in [-0.1, -0.05) is 0 Å². The molecule has 0 saturated heterocycles. The summed E-state index contributed by atoms with van der Waals surface area (Å²) in [5, 5.41) is 11.4. The molecule has 0 aliphatic heterocycles. The van der Waals surface area contributed by atoms with Crippen LogP contribution >= 0.6 is 0 Å². The van der Waals surface area contributed by atoms with Crippen molar-refractivity contribution in [3.05, 3.63) is 0 Å². The lowest BCUT2D eigenvalue weighted by atomic mass is 9.86. The summed E-state index contributed by atoms with van der Waals surface area (Å²) in [4.78, 5) is 0. The van der Waals surface area contributed by atoms with Crippen LogP contribution in [0, 0.1) is 5.92 Å². The van der Waals surface area contributed by atoms with Crippen molar-refractivity contribution in [2.75, 3.05) is 19.7 Å². The maximum Gasteiger partial charge on any atom is 0.248 e. The fraction of sp³-hybridized carbons (Fsp3) is 1.00. The van der Waals surface area contributed by atoms with Crippen molar-refractivity contribution in [1.29, 1.82) is 0 Å². The maximum absolute atomic E-state index is 12.9. The van der Waals surface area contributed by atoms with Crippen molar-refractivity contribution < 1.29 is 13.9 Å². The Morgan fingerprint density at radius 1 is 1.46 bits per heavy atom. The summed E-state index contributed by atoms with van der Waals surface area (Å²) in [6.45, 7) is 1.18. The molecule has 0 radical (unpaired) electrons. The lowest BCUT2D eigenvalue weighted by Gasteiger charge is -2.28. The summed E-state index contributed by atoms with van der Waals surface area (Å²) < 4.78 is 25.8. The number of aliphatic hydroxyl groups excluding tert-OH is 1. The van der Waals surface area contributed by atoms with Gasteiger partial charge in [0, 0.05) is 19.4 Å². The van der Waals surface area contributed by atoms with E-state index in [1.165, 1.54) is 0 Å². The van der Waals surface area contributed by atoms with Crippen molar-refractivity contribution in [2.45, 2.75) is 31.6 Å². The largest absolute Gasteiger partial charge is 0.395 e. The van der Waals surface area contributed by atoms with Crippen LogP contribution in [0.5, 0.6) is 0 Å². The van der Waals surface area contributed by atoms with Crippen LogP contribution in [0.25, 0.3) is 0 Å². The topological polar surface area (TPSA) is 32.3 Å². The van der Waals surface area contributed by atoms with E-state index in [2.05, 4.69) is 5.32 Å². The highest BCUT2D eigenvalue weighted by Gasteiger charge is 2.35. The zero-order valence-electron chi connectivity index (χ0n) is 7.73. The predicted molar refractivity (Wildman–Crippen MR) is 46.9 cm³/mol. The van der Waals surface area contributed by atoms with Crippen LogP contribution in [0.3, 0.4) is 0 Å². The number of hydrogen-bond acceptors (Lipinski definition) is 2. The molecular formula is C9H17F2NO. The third-order valence-corrected chi connectivity index (χ3v) is 2.46. The van der Waals surface area contributed by atoms with Crippen LogP contribution in [0.4, 0.5) is 8.78 Å². The molecule has 2 N–H and O–H groups in total. The minimum atomic E-state index is -2.45. The van der Waals surface area contributed by atoms with Gasteiger partial charge in [-0.2, -0.15) is 0 Å². The lowest BCUT2D eigenvalue weighted by molar-refractivity contribution is -0.0520. The number of alkyl halides is 2. The second kappa shape index (κ2) is 4.86. The predicted octanol–water partition coefficient (Wildman–Crippen LogP) is 1.39. The van der Waals surface area contributed by atoms with E-state index in [0.29, 0.717) is 19.5 Å². The van der Waals surface area contributed by atoms with Crippen molar-refractivity contribution in [3.8, 4) is 0 Å². The van der Waals surface area contributed by atoms with Gasteiger partial charge in [0.1, 0.15) is 0 Å². The maximum atomic E-state index is 12.9. The van der Waals surface area contributed by atoms with Gasteiger partial charge in [-0.3, -0.25) is 0 Å². The second-order valence-electron chi connectivity index (χ2n) is 3.75. The van der Waals surface area contributed by atoms with E-state index in [9.17, 15) is 8.78 Å². The highest BCUT2D eigenvalue weighted by atomic mass is 19.3. The summed E-state index contributed by atoms with van der Waals surface area (Å²) in [7, 11) is 0. The first-order valence-electron chi connectivity index (χ1n) is 4.83. The monoisotopic (exact) mass is 193 g/mol. The molecule has 4 heteroatoms. The molecule has 0 aromatic carbocycles. The number of aliphatic hydroxyl groups is 1. The normalized spacial score (nSPS) is 27.5. The first-order valence-corrected chi connectivity index (χ1v) is 4.83. The van der Waals surface area contributed by atoms with Gasteiger partial charge in [0.15, 0.2) is 0 Å². The first kappa shape index (κ1) is 10.9. The summed E-state index contributed by atoms with van der Waals surface area (Å²) in [6, 6.07) is 0. The van der Waals surface area contributed by atoms with Crippen LogP contribution in [0.1, 0.15) is 25.7 Å². The second-order valence-corrected chi connectivity index (χ2v) is 3.75. The SMILES string of the molecule is OCCNCC1CCCC(F)(F)C1. The lowest BCUT2D eigenvalue weighted by Crippen LogP contribution is -2.33. The van der Waals surface area contributed by atoms with Gasteiger partial charge in [-0.25, -0.2) is 8.78 Å². The highest BCUT2D eigenvalue weighted by molar-refractivity contribution is 4.79. The minimum absolute atomic E-state index is 0.00539. The van der Waals surface area contributed by atoms with E-state index in [1.807, 2.05) is 0 Å². The minimum Gasteiger partial charge on any atom is -0.395 e. The number of nitrogens with one attached hydrogen (secondary N) is 1. The van der Waals surface area contributed by atoms with Crippen LogP contribution in [0.15, 0.2) is 0 Å². The molecule has 1 unspecified atom stereocenters. The molecule has 0 spiro atoms. The Hall–Kier alpha value is -0.220. The van der Waals surface area contributed by atoms with Crippen molar-refractivity contribution in [1.82, 2.24) is 5.32 Å². The fourth-order valence-electron chi connectivity index (χ4n) is 1.84. The van der Waals surface area contributed by atoms with Crippen LogP contribution in [-0.4, -0.2) is 30.7 Å². The summed E-state index contributed by atoms with van der Waals surface area (Å²) >= 11 is 0. The van der Waals surface area contributed by atoms with Crippen LogP contribution in [-0.2, 0) is 0 Å². The van der Waals surface area contributed by atoms with E-state index in [-0.39, 0.29) is 25.4 Å². The fourth-order valence-corrected chi connectivity index (χ4v) is 1.84. The zero-order chi connectivity index (χ0) is 9.73. The van der Waals surface area contributed by atoms with E-state index in [4.69, 9.17) is 5.11 Å². The molecule has 1 rings (SSSR count). The molecule has 0 aromatic heterocycles. The van der Waals surface area contributed by atoms with Gasteiger partial charge >= 0.3 is 0 Å². The molecule has 0 heterocycles. The van der Waals surface area contributed by atoms with Crippen molar-refractivity contribution in [3.63, 3.8) is 0 Å². The Bertz CT molecular complexity index is 153. The number of rotatable bonds is 4. The van der Waals surface area contributed by atoms with Gasteiger partial charge in [-0.05, 0) is 25.3 Å². The smallest absolute Gasteiger partial charge is 0.248 e. The van der Waals surface area contributed by atoms with Crippen LogP contribution < -0.4 is 5.32 Å². The molecule has 0 amide bonds. The Kier molecular flexibility index (Phi) is 4.06. The van der Waals surface area contributed by atoms with Crippen LogP contribution in [0.2, 0.25) is 0 Å². The van der Waals surface area contributed by atoms with Gasteiger partial charge in [-0.15, -0.1) is 0 Å². The molecule has 1 aliphatic rings. The Balaban J connectivity index is 2.19. The van der Waals surface area contributed by atoms with E-state index < -0.39 is 5.92 Å². The van der Waals surface area contributed by atoms with E-state index >= 15 is 0 Å². The molecule has 1 fully saturated rings. The summed E-state index contributed by atoms with van der Waals surface area (Å²) in [6.07, 6.45) is 1.56. The third-order valence-electron chi connectivity index (χ3n) is 2.46. The Morgan fingerprint density at radius 2 is 2.23 bits per heavy atom. The van der Waals surface area contributed by atoms with Gasteiger partial charge in [0.2, 0.25) is 5.92 Å². The summed E-state index contributed by atoms with van der Waals surface area (Å²) in [5.41, 5.74) is 0.